The lowest BCUT2D eigenvalue weighted by molar-refractivity contribution is -0.112. The van der Waals surface area contributed by atoms with Crippen LogP contribution in [0.3, 0.4) is 0 Å². The van der Waals surface area contributed by atoms with E-state index in [4.69, 9.17) is 0 Å². The van der Waals surface area contributed by atoms with Gasteiger partial charge in [-0.1, -0.05) is 11.6 Å². The summed E-state index contributed by atoms with van der Waals surface area (Å²) in [6.45, 7) is 8.05. The first-order valence-electron chi connectivity index (χ1n) is 6.28. The monoisotopic (exact) mass is 260 g/mol. The molecule has 0 heterocycles. The van der Waals surface area contributed by atoms with Gasteiger partial charge in [0.15, 0.2) is 0 Å². The summed E-state index contributed by atoms with van der Waals surface area (Å²) in [5.41, 5.74) is 3.05. The van der Waals surface area contributed by atoms with Crippen molar-refractivity contribution in [3.05, 3.63) is 41.0 Å². The van der Waals surface area contributed by atoms with Crippen LogP contribution in [-0.4, -0.2) is 18.4 Å². The Morgan fingerprint density at radius 1 is 1.26 bits per heavy atom. The van der Waals surface area contributed by atoms with E-state index in [1.54, 1.807) is 12.1 Å². The molecular formula is C15H20N2O2. The fourth-order valence-electron chi connectivity index (χ4n) is 1.59. The first-order valence-corrected chi connectivity index (χ1v) is 6.28. The zero-order valence-corrected chi connectivity index (χ0v) is 11.8. The van der Waals surface area contributed by atoms with E-state index in [2.05, 4.69) is 10.6 Å². The van der Waals surface area contributed by atoms with E-state index in [1.807, 2.05) is 33.8 Å². The van der Waals surface area contributed by atoms with Gasteiger partial charge in [0.2, 0.25) is 5.91 Å². The molecule has 0 bridgehead atoms. The van der Waals surface area contributed by atoms with Gasteiger partial charge in [-0.2, -0.15) is 0 Å². The molecule has 1 aromatic carbocycles. The van der Waals surface area contributed by atoms with Crippen molar-refractivity contribution in [1.82, 2.24) is 5.32 Å². The molecule has 0 aliphatic carbocycles. The summed E-state index contributed by atoms with van der Waals surface area (Å²) in [5.74, 6) is -0.323. The maximum Gasteiger partial charge on any atom is 0.251 e. The quantitative estimate of drug-likeness (QED) is 0.818. The molecule has 2 N–H and O–H groups in total. The van der Waals surface area contributed by atoms with Crippen LogP contribution in [0.2, 0.25) is 0 Å². The van der Waals surface area contributed by atoms with E-state index in [1.165, 1.54) is 6.08 Å². The second kappa shape index (κ2) is 6.73. The largest absolute Gasteiger partial charge is 0.352 e. The maximum absolute atomic E-state index is 11.7. The van der Waals surface area contributed by atoms with Crippen LogP contribution in [0.15, 0.2) is 29.8 Å². The summed E-state index contributed by atoms with van der Waals surface area (Å²) in [6, 6.07) is 5.26. The van der Waals surface area contributed by atoms with E-state index in [0.29, 0.717) is 17.8 Å². The molecule has 4 heteroatoms. The smallest absolute Gasteiger partial charge is 0.251 e. The van der Waals surface area contributed by atoms with Crippen LogP contribution in [0.1, 0.15) is 36.7 Å². The highest BCUT2D eigenvalue weighted by Crippen LogP contribution is 2.17. The van der Waals surface area contributed by atoms with Crippen molar-refractivity contribution >= 4 is 17.5 Å². The molecule has 0 aromatic heterocycles. The third kappa shape index (κ3) is 4.58. The molecule has 0 atom stereocenters. The van der Waals surface area contributed by atoms with Gasteiger partial charge in [0.1, 0.15) is 0 Å². The minimum atomic E-state index is -0.184. The average Bonchev–Trinajstić information content (AvgIpc) is 2.31. The number of carbonyl (C=O) groups is 2. The summed E-state index contributed by atoms with van der Waals surface area (Å²) in [4.78, 5) is 23.4. The van der Waals surface area contributed by atoms with E-state index in [-0.39, 0.29) is 11.8 Å². The highest BCUT2D eigenvalue weighted by atomic mass is 16.2. The zero-order valence-electron chi connectivity index (χ0n) is 11.8. The Kier molecular flexibility index (Phi) is 5.30. The van der Waals surface area contributed by atoms with Gasteiger partial charge in [-0.15, -0.1) is 0 Å². The Morgan fingerprint density at radius 3 is 2.53 bits per heavy atom. The van der Waals surface area contributed by atoms with E-state index >= 15 is 0 Å². The molecular weight excluding hydrogens is 240 g/mol. The SMILES string of the molecule is CCNC(=O)c1ccc(C)c(NC(=O)C=C(C)C)c1. The topological polar surface area (TPSA) is 58.2 Å². The fourth-order valence-corrected chi connectivity index (χ4v) is 1.59. The number of anilines is 1. The van der Waals surface area contributed by atoms with Crippen molar-refractivity contribution in [2.75, 3.05) is 11.9 Å². The third-order valence-electron chi connectivity index (χ3n) is 2.51. The Morgan fingerprint density at radius 2 is 1.95 bits per heavy atom. The highest BCUT2D eigenvalue weighted by molar-refractivity contribution is 6.02. The molecule has 0 aliphatic heterocycles. The molecule has 1 aromatic rings. The van der Waals surface area contributed by atoms with Crippen LogP contribution in [0, 0.1) is 6.92 Å². The summed E-state index contributed by atoms with van der Waals surface area (Å²) in [5, 5.41) is 5.51. The van der Waals surface area contributed by atoms with Crippen LogP contribution in [0.4, 0.5) is 5.69 Å². The second-order valence-electron chi connectivity index (χ2n) is 4.60. The molecule has 0 spiro atoms. The highest BCUT2D eigenvalue weighted by Gasteiger charge is 2.08. The standard InChI is InChI=1S/C15H20N2O2/c1-5-16-15(19)12-7-6-11(4)13(9-12)17-14(18)8-10(2)3/h6-9H,5H2,1-4H3,(H,16,19)(H,17,18). The molecule has 102 valence electrons. The normalized spacial score (nSPS) is 9.68. The number of amides is 2. The lowest BCUT2D eigenvalue weighted by atomic mass is 10.1. The Labute approximate surface area is 113 Å². The number of hydrogen-bond donors (Lipinski definition) is 2. The molecule has 0 saturated heterocycles. The van der Waals surface area contributed by atoms with Gasteiger partial charge in [-0.05, 0) is 45.4 Å². The van der Waals surface area contributed by atoms with Crippen LogP contribution in [0.25, 0.3) is 0 Å². The van der Waals surface area contributed by atoms with Crippen molar-refractivity contribution in [3.63, 3.8) is 0 Å². The predicted octanol–water partition coefficient (Wildman–Crippen LogP) is 2.65. The number of carbonyl (C=O) groups excluding carboxylic acids is 2. The first kappa shape index (κ1) is 15.0. The van der Waals surface area contributed by atoms with Crippen LogP contribution in [0.5, 0.6) is 0 Å². The van der Waals surface area contributed by atoms with Crippen LogP contribution in [-0.2, 0) is 4.79 Å². The molecule has 0 aliphatic rings. The molecule has 1 rings (SSSR count). The number of benzene rings is 1. The predicted molar refractivity (Wildman–Crippen MR) is 77.2 cm³/mol. The van der Waals surface area contributed by atoms with E-state index < -0.39 is 0 Å². The van der Waals surface area contributed by atoms with Gasteiger partial charge < -0.3 is 10.6 Å². The van der Waals surface area contributed by atoms with E-state index in [9.17, 15) is 9.59 Å². The van der Waals surface area contributed by atoms with Gasteiger partial charge >= 0.3 is 0 Å². The van der Waals surface area contributed by atoms with Crippen molar-refractivity contribution in [3.8, 4) is 0 Å². The molecule has 0 unspecified atom stereocenters. The van der Waals surface area contributed by atoms with Crippen molar-refractivity contribution in [2.45, 2.75) is 27.7 Å². The minimum absolute atomic E-state index is 0.139. The second-order valence-corrected chi connectivity index (χ2v) is 4.60. The number of aryl methyl sites for hydroxylation is 1. The third-order valence-corrected chi connectivity index (χ3v) is 2.51. The van der Waals surface area contributed by atoms with Gasteiger partial charge in [0, 0.05) is 23.9 Å². The average molecular weight is 260 g/mol. The summed E-state index contributed by atoms with van der Waals surface area (Å²) < 4.78 is 0. The number of rotatable bonds is 4. The van der Waals surface area contributed by atoms with Gasteiger partial charge in [-0.25, -0.2) is 0 Å². The van der Waals surface area contributed by atoms with Gasteiger partial charge in [-0.3, -0.25) is 9.59 Å². The van der Waals surface area contributed by atoms with Gasteiger partial charge in [0.25, 0.3) is 5.91 Å². The van der Waals surface area contributed by atoms with Crippen LogP contribution < -0.4 is 10.6 Å². The lowest BCUT2D eigenvalue weighted by Crippen LogP contribution is -2.23. The first-order chi connectivity index (χ1) is 8.93. The fraction of sp³-hybridized carbons (Fsp3) is 0.333. The maximum atomic E-state index is 11.7. The van der Waals surface area contributed by atoms with E-state index in [0.717, 1.165) is 11.1 Å². The Hall–Kier alpha value is -2.10. The molecule has 0 radical (unpaired) electrons. The lowest BCUT2D eigenvalue weighted by Gasteiger charge is -2.09. The van der Waals surface area contributed by atoms with Crippen LogP contribution >= 0.6 is 0 Å². The van der Waals surface area contributed by atoms with Crippen molar-refractivity contribution < 1.29 is 9.59 Å². The summed E-state index contributed by atoms with van der Waals surface area (Å²) in [6.07, 6.45) is 1.53. The number of nitrogens with one attached hydrogen (secondary N) is 2. The van der Waals surface area contributed by atoms with Crippen molar-refractivity contribution in [1.29, 1.82) is 0 Å². The summed E-state index contributed by atoms with van der Waals surface area (Å²) >= 11 is 0. The van der Waals surface area contributed by atoms with Crippen molar-refractivity contribution in [2.24, 2.45) is 0 Å². The molecule has 2 amide bonds. The Balaban J connectivity index is 2.95. The molecule has 0 saturated carbocycles. The Bertz CT molecular complexity index is 515. The van der Waals surface area contributed by atoms with Gasteiger partial charge in [0.05, 0.1) is 0 Å². The molecule has 19 heavy (non-hydrogen) atoms. The zero-order chi connectivity index (χ0) is 14.4. The number of hydrogen-bond acceptors (Lipinski definition) is 2. The minimum Gasteiger partial charge on any atom is -0.352 e. The number of allylic oxidation sites excluding steroid dienone is 1. The molecule has 0 fully saturated rings. The summed E-state index contributed by atoms with van der Waals surface area (Å²) in [7, 11) is 0. The molecule has 4 nitrogen and oxygen atoms in total.